The predicted octanol–water partition coefficient (Wildman–Crippen LogP) is 11.4. The lowest BCUT2D eigenvalue weighted by molar-refractivity contribution is 1.21. The van der Waals surface area contributed by atoms with Crippen LogP contribution in [0.2, 0.25) is 0 Å². The Labute approximate surface area is 248 Å². The number of rotatable bonds is 5. The van der Waals surface area contributed by atoms with Gasteiger partial charge in [0.05, 0.1) is 10.2 Å². The van der Waals surface area contributed by atoms with Gasteiger partial charge in [-0.15, -0.1) is 11.3 Å². The van der Waals surface area contributed by atoms with Crippen LogP contribution in [0, 0.1) is 0 Å². The Morgan fingerprint density at radius 1 is 0.429 bits per heavy atom. The summed E-state index contributed by atoms with van der Waals surface area (Å²) in [4.78, 5) is 7.51. The van der Waals surface area contributed by atoms with E-state index in [0.717, 1.165) is 22.7 Å². The quantitative estimate of drug-likeness (QED) is 0.210. The third-order valence-corrected chi connectivity index (χ3v) is 9.02. The summed E-state index contributed by atoms with van der Waals surface area (Å²) in [6, 6.07) is 56.1. The summed E-state index contributed by atoms with van der Waals surface area (Å²) in [6.07, 6.45) is 0. The molecule has 0 radical (unpaired) electrons. The van der Waals surface area contributed by atoms with Crippen molar-refractivity contribution in [3.63, 3.8) is 0 Å². The van der Waals surface area contributed by atoms with Gasteiger partial charge in [-0.3, -0.25) is 4.90 Å². The molecule has 0 bridgehead atoms. The summed E-state index contributed by atoms with van der Waals surface area (Å²) in [5.74, 6) is 0.899. The second kappa shape index (κ2) is 10.3. The Morgan fingerprint density at radius 2 is 1.05 bits per heavy atom. The fourth-order valence-corrected chi connectivity index (χ4v) is 6.87. The fourth-order valence-electron chi connectivity index (χ4n) is 5.82. The molecule has 0 saturated carbocycles. The number of hydrogen-bond acceptors (Lipinski definition) is 3. The van der Waals surface area contributed by atoms with Crippen LogP contribution < -0.4 is 4.90 Å². The van der Waals surface area contributed by atoms with Crippen LogP contribution in [0.1, 0.15) is 0 Å². The Balaban J connectivity index is 1.25. The first-order chi connectivity index (χ1) is 20.8. The van der Waals surface area contributed by atoms with Crippen molar-refractivity contribution in [3.05, 3.63) is 158 Å². The standard InChI is InChI=1S/C39H26N2S/c1-2-9-27(10-3-1)28-17-21-31(22-18-28)41(38-26-25-37-39(40-38)35-14-6-7-16-36(35)42-37)32-23-19-30(20-24-32)34-15-8-12-29-11-4-5-13-33(29)34/h1-26H. The van der Waals surface area contributed by atoms with Crippen LogP contribution in [0.4, 0.5) is 17.2 Å². The van der Waals surface area contributed by atoms with Crippen molar-refractivity contribution < 1.29 is 0 Å². The second-order valence-electron chi connectivity index (χ2n) is 10.4. The molecule has 2 heterocycles. The van der Waals surface area contributed by atoms with E-state index in [1.807, 2.05) is 0 Å². The van der Waals surface area contributed by atoms with Gasteiger partial charge in [0.2, 0.25) is 0 Å². The molecule has 0 aliphatic heterocycles. The average Bonchev–Trinajstić information content (AvgIpc) is 3.44. The molecule has 2 nitrogen and oxygen atoms in total. The molecule has 0 amide bonds. The monoisotopic (exact) mass is 554 g/mol. The smallest absolute Gasteiger partial charge is 0.138 e. The number of fused-ring (bicyclic) bond motifs is 4. The van der Waals surface area contributed by atoms with Gasteiger partial charge < -0.3 is 0 Å². The van der Waals surface area contributed by atoms with E-state index in [9.17, 15) is 0 Å². The molecular weight excluding hydrogens is 529 g/mol. The lowest BCUT2D eigenvalue weighted by Gasteiger charge is -2.25. The van der Waals surface area contributed by atoms with Crippen LogP contribution in [-0.2, 0) is 0 Å². The van der Waals surface area contributed by atoms with Gasteiger partial charge in [-0.1, -0.05) is 115 Å². The highest BCUT2D eigenvalue weighted by atomic mass is 32.1. The van der Waals surface area contributed by atoms with Gasteiger partial charge in [0.1, 0.15) is 5.82 Å². The van der Waals surface area contributed by atoms with E-state index in [0.29, 0.717) is 0 Å². The Kier molecular flexibility index (Phi) is 6.02. The van der Waals surface area contributed by atoms with Gasteiger partial charge in [-0.2, -0.15) is 0 Å². The number of pyridine rings is 1. The molecule has 0 atom stereocenters. The summed E-state index contributed by atoms with van der Waals surface area (Å²) in [5, 5.41) is 3.71. The second-order valence-corrected chi connectivity index (χ2v) is 11.5. The first-order valence-corrected chi connectivity index (χ1v) is 15.0. The van der Waals surface area contributed by atoms with Crippen molar-refractivity contribution in [1.29, 1.82) is 0 Å². The lowest BCUT2D eigenvalue weighted by atomic mass is 9.98. The maximum atomic E-state index is 5.25. The number of anilines is 3. The Bertz CT molecular complexity index is 2170. The number of thiophene rings is 1. The van der Waals surface area contributed by atoms with Gasteiger partial charge in [0.15, 0.2) is 0 Å². The minimum absolute atomic E-state index is 0.899. The Morgan fingerprint density at radius 3 is 1.83 bits per heavy atom. The zero-order valence-electron chi connectivity index (χ0n) is 22.8. The summed E-state index contributed by atoms with van der Waals surface area (Å²) >= 11 is 1.79. The third-order valence-electron chi connectivity index (χ3n) is 7.89. The van der Waals surface area contributed by atoms with Gasteiger partial charge in [0, 0.05) is 21.5 Å². The molecule has 8 aromatic rings. The maximum absolute atomic E-state index is 5.25. The van der Waals surface area contributed by atoms with E-state index in [1.165, 1.54) is 47.8 Å². The van der Waals surface area contributed by atoms with E-state index in [4.69, 9.17) is 4.98 Å². The highest BCUT2D eigenvalue weighted by Crippen LogP contribution is 2.39. The molecule has 0 aliphatic rings. The zero-order valence-corrected chi connectivity index (χ0v) is 23.6. The highest BCUT2D eigenvalue weighted by Gasteiger charge is 2.17. The van der Waals surface area contributed by atoms with Crippen LogP contribution in [0.3, 0.4) is 0 Å². The predicted molar refractivity (Wildman–Crippen MR) is 180 cm³/mol. The number of nitrogens with zero attached hydrogens (tertiary/aromatic N) is 2. The number of hydrogen-bond donors (Lipinski definition) is 0. The van der Waals surface area contributed by atoms with Crippen LogP contribution in [-0.4, -0.2) is 4.98 Å². The molecule has 0 fully saturated rings. The SMILES string of the molecule is c1ccc(-c2ccc(N(c3ccc(-c4cccc5ccccc45)cc3)c3ccc4sc5ccccc5c4n3)cc2)cc1. The normalized spacial score (nSPS) is 11.3. The minimum atomic E-state index is 0.899. The van der Waals surface area contributed by atoms with E-state index in [-0.39, 0.29) is 0 Å². The lowest BCUT2D eigenvalue weighted by Crippen LogP contribution is -2.11. The van der Waals surface area contributed by atoms with E-state index in [1.54, 1.807) is 11.3 Å². The zero-order chi connectivity index (χ0) is 27.9. The molecule has 8 rings (SSSR count). The summed E-state index contributed by atoms with van der Waals surface area (Å²) in [5.41, 5.74) is 8.02. The molecule has 2 aromatic heterocycles. The van der Waals surface area contributed by atoms with Crippen LogP contribution in [0.5, 0.6) is 0 Å². The van der Waals surface area contributed by atoms with Gasteiger partial charge in [-0.25, -0.2) is 4.98 Å². The summed E-state index contributed by atoms with van der Waals surface area (Å²) in [6.45, 7) is 0. The molecule has 0 saturated heterocycles. The molecule has 0 spiro atoms. The van der Waals surface area contributed by atoms with Gasteiger partial charge >= 0.3 is 0 Å². The van der Waals surface area contributed by atoms with E-state index in [2.05, 4.69) is 163 Å². The number of benzene rings is 6. The van der Waals surface area contributed by atoms with Crippen molar-refractivity contribution in [2.75, 3.05) is 4.90 Å². The minimum Gasteiger partial charge on any atom is -0.295 e. The van der Waals surface area contributed by atoms with Crippen LogP contribution >= 0.6 is 11.3 Å². The van der Waals surface area contributed by atoms with E-state index >= 15 is 0 Å². The molecule has 6 aromatic carbocycles. The molecule has 3 heteroatoms. The van der Waals surface area contributed by atoms with Crippen molar-refractivity contribution >= 4 is 59.6 Å². The molecular formula is C39H26N2S. The van der Waals surface area contributed by atoms with Crippen molar-refractivity contribution in [2.45, 2.75) is 0 Å². The first kappa shape index (κ1) is 24.5. The van der Waals surface area contributed by atoms with Crippen molar-refractivity contribution in [3.8, 4) is 22.3 Å². The molecule has 198 valence electrons. The molecule has 0 N–H and O–H groups in total. The molecule has 0 aliphatic carbocycles. The molecule has 42 heavy (non-hydrogen) atoms. The topological polar surface area (TPSA) is 16.1 Å². The van der Waals surface area contributed by atoms with Crippen molar-refractivity contribution in [2.24, 2.45) is 0 Å². The van der Waals surface area contributed by atoms with Gasteiger partial charge in [0.25, 0.3) is 0 Å². The van der Waals surface area contributed by atoms with Crippen LogP contribution in [0.25, 0.3) is 53.3 Å². The summed E-state index contributed by atoms with van der Waals surface area (Å²) < 4.78 is 2.46. The molecule has 0 unspecified atom stereocenters. The number of aromatic nitrogens is 1. The Hall–Kier alpha value is -5.25. The first-order valence-electron chi connectivity index (χ1n) is 14.1. The highest BCUT2D eigenvalue weighted by molar-refractivity contribution is 7.25. The average molecular weight is 555 g/mol. The van der Waals surface area contributed by atoms with Crippen LogP contribution in [0.15, 0.2) is 158 Å². The summed E-state index contributed by atoms with van der Waals surface area (Å²) in [7, 11) is 0. The maximum Gasteiger partial charge on any atom is 0.138 e. The van der Waals surface area contributed by atoms with Crippen molar-refractivity contribution in [1.82, 2.24) is 4.98 Å². The fraction of sp³-hybridized carbons (Fsp3) is 0. The van der Waals surface area contributed by atoms with E-state index < -0.39 is 0 Å². The van der Waals surface area contributed by atoms with Gasteiger partial charge in [-0.05, 0) is 75.5 Å². The third kappa shape index (κ3) is 4.32. The largest absolute Gasteiger partial charge is 0.295 e.